The summed E-state index contributed by atoms with van der Waals surface area (Å²) >= 11 is 0. The van der Waals surface area contributed by atoms with Gasteiger partial charge in [0.25, 0.3) is 11.8 Å². The highest BCUT2D eigenvalue weighted by atomic mass is 16.2. The molecule has 0 saturated carbocycles. The van der Waals surface area contributed by atoms with Gasteiger partial charge in [-0.25, -0.2) is 9.74 Å². The van der Waals surface area contributed by atoms with E-state index in [0.29, 0.717) is 28.2 Å². The minimum Gasteiger partial charge on any atom is -0.308 e. The topological polar surface area (TPSA) is 46.7 Å². The summed E-state index contributed by atoms with van der Waals surface area (Å²) in [4.78, 5) is 34.6. The zero-order valence-electron chi connectivity index (χ0n) is 26.7. The van der Waals surface area contributed by atoms with Crippen LogP contribution in [0.4, 0.5) is 11.4 Å². The lowest BCUT2D eigenvalue weighted by Crippen LogP contribution is -2.30. The molecular weight excluding hydrogens is 615 g/mol. The lowest BCUT2D eigenvalue weighted by Gasteiger charge is -2.23. The van der Waals surface area contributed by atoms with Gasteiger partial charge in [0.15, 0.2) is 5.69 Å². The molecule has 0 radical (unpaired) electrons. The van der Waals surface area contributed by atoms with Crippen LogP contribution in [0.25, 0.3) is 65.7 Å². The molecule has 2 amide bonds. The van der Waals surface area contributed by atoms with E-state index >= 15 is 0 Å². The number of anilines is 1. The zero-order valence-corrected chi connectivity index (χ0v) is 26.7. The van der Waals surface area contributed by atoms with Crippen molar-refractivity contribution in [2.75, 3.05) is 4.90 Å². The average Bonchev–Trinajstić information content (AvgIpc) is 3.65. The molecule has 5 nitrogen and oxygen atoms in total. The highest BCUT2D eigenvalue weighted by Gasteiger charge is 2.41. The molecule has 0 fully saturated rings. The minimum absolute atomic E-state index is 0.357. The number of hydrogen-bond donors (Lipinski definition) is 0. The maximum absolute atomic E-state index is 15.0. The molecule has 234 valence electrons. The minimum atomic E-state index is -0.368. The van der Waals surface area contributed by atoms with Gasteiger partial charge in [-0.2, -0.15) is 0 Å². The van der Waals surface area contributed by atoms with Gasteiger partial charge in [-0.15, -0.1) is 0 Å². The van der Waals surface area contributed by atoms with Gasteiger partial charge < -0.3 is 4.57 Å². The van der Waals surface area contributed by atoms with Crippen LogP contribution in [0.15, 0.2) is 164 Å². The van der Waals surface area contributed by atoms with Gasteiger partial charge in [-0.05, 0) is 52.6 Å². The van der Waals surface area contributed by atoms with E-state index in [4.69, 9.17) is 6.57 Å². The number of rotatable bonds is 5. The molecule has 9 rings (SSSR count). The van der Waals surface area contributed by atoms with Gasteiger partial charge in [0.2, 0.25) is 0 Å². The quantitative estimate of drug-likeness (QED) is 0.139. The fraction of sp³-hybridized carbons (Fsp3) is 0. The molecule has 8 aromatic rings. The van der Waals surface area contributed by atoms with Crippen LogP contribution in [-0.2, 0) is 0 Å². The average molecular weight is 642 g/mol. The van der Waals surface area contributed by atoms with Crippen LogP contribution >= 0.6 is 0 Å². The summed E-state index contributed by atoms with van der Waals surface area (Å²) in [5, 5.41) is 2.06. The predicted molar refractivity (Wildman–Crippen MR) is 201 cm³/mol. The number of benzene rings is 7. The largest absolute Gasteiger partial charge is 0.308 e. The summed E-state index contributed by atoms with van der Waals surface area (Å²) in [5.74, 6) is -0.724. The van der Waals surface area contributed by atoms with E-state index in [-0.39, 0.29) is 11.8 Å². The van der Waals surface area contributed by atoms with Crippen molar-refractivity contribution in [2.24, 2.45) is 0 Å². The van der Waals surface area contributed by atoms with Crippen LogP contribution in [0.1, 0.15) is 20.7 Å². The van der Waals surface area contributed by atoms with E-state index in [1.54, 1.807) is 12.1 Å². The first-order valence-corrected chi connectivity index (χ1v) is 16.4. The number of nitrogens with zero attached hydrogens (tertiary/aromatic N) is 3. The van der Waals surface area contributed by atoms with Gasteiger partial charge >= 0.3 is 0 Å². The monoisotopic (exact) mass is 641 g/mol. The number of imide groups is 1. The smallest absolute Gasteiger partial charge is 0.268 e. The summed E-state index contributed by atoms with van der Waals surface area (Å²) in [7, 11) is 0. The summed E-state index contributed by atoms with van der Waals surface area (Å²) < 4.78 is 2.10. The van der Waals surface area contributed by atoms with Crippen molar-refractivity contribution in [1.82, 2.24) is 4.57 Å². The highest BCUT2D eigenvalue weighted by Crippen LogP contribution is 2.45. The molecule has 0 aliphatic carbocycles. The van der Waals surface area contributed by atoms with Crippen LogP contribution in [0, 0.1) is 6.57 Å². The molecule has 0 spiro atoms. The first-order valence-electron chi connectivity index (χ1n) is 16.4. The third-order valence-electron chi connectivity index (χ3n) is 9.55. The standard InChI is InChI=1S/C45H27N3O2/c1-46-33-18-10-17-31(27-33)32-25-26-37-36-19-8-9-23-39(36)47(41(37)28-32)40-24-12-22-38-42(40)45(50)48(44(38)49)43-34(29-13-4-2-5-14-29)20-11-21-35(43)30-15-6-3-7-16-30/h2-28H. The van der Waals surface area contributed by atoms with Crippen molar-refractivity contribution < 1.29 is 9.59 Å². The van der Waals surface area contributed by atoms with Crippen molar-refractivity contribution in [1.29, 1.82) is 0 Å². The van der Waals surface area contributed by atoms with Crippen molar-refractivity contribution >= 4 is 45.0 Å². The zero-order chi connectivity index (χ0) is 33.8. The van der Waals surface area contributed by atoms with E-state index in [1.165, 1.54) is 4.90 Å². The Balaban J connectivity index is 1.28. The Morgan fingerprint density at radius 1 is 0.460 bits per heavy atom. The maximum atomic E-state index is 15.0. The van der Waals surface area contributed by atoms with E-state index in [0.717, 1.165) is 55.2 Å². The molecule has 1 aliphatic rings. The molecule has 0 saturated heterocycles. The van der Waals surface area contributed by atoms with E-state index in [2.05, 4.69) is 33.7 Å². The van der Waals surface area contributed by atoms with Crippen LogP contribution < -0.4 is 4.90 Å². The normalized spacial score (nSPS) is 12.4. The molecule has 7 aromatic carbocycles. The van der Waals surface area contributed by atoms with Gasteiger partial charge in [0.1, 0.15) is 0 Å². The van der Waals surface area contributed by atoms with E-state index in [1.807, 2.05) is 127 Å². The number of fused-ring (bicyclic) bond motifs is 4. The van der Waals surface area contributed by atoms with Crippen LogP contribution in [0.5, 0.6) is 0 Å². The highest BCUT2D eigenvalue weighted by molar-refractivity contribution is 6.37. The second-order valence-corrected chi connectivity index (χ2v) is 12.3. The lowest BCUT2D eigenvalue weighted by atomic mass is 9.95. The Bertz CT molecular complexity index is 2640. The number of aromatic nitrogens is 1. The van der Waals surface area contributed by atoms with Crippen LogP contribution in [0.3, 0.4) is 0 Å². The predicted octanol–water partition coefficient (Wildman–Crippen LogP) is 11.1. The third-order valence-corrected chi connectivity index (χ3v) is 9.55. The second-order valence-electron chi connectivity index (χ2n) is 12.3. The van der Waals surface area contributed by atoms with Crippen molar-refractivity contribution in [2.45, 2.75) is 0 Å². The Morgan fingerprint density at radius 2 is 1.04 bits per heavy atom. The van der Waals surface area contributed by atoms with E-state index < -0.39 is 0 Å². The van der Waals surface area contributed by atoms with E-state index in [9.17, 15) is 9.59 Å². The number of amides is 2. The Morgan fingerprint density at radius 3 is 1.76 bits per heavy atom. The van der Waals surface area contributed by atoms with Crippen molar-refractivity contribution in [3.05, 3.63) is 186 Å². The Hall–Kier alpha value is -7.03. The summed E-state index contributed by atoms with van der Waals surface area (Å²) in [6.45, 7) is 7.52. The Kier molecular flexibility index (Phi) is 6.75. The second kappa shape index (κ2) is 11.6. The summed E-state index contributed by atoms with van der Waals surface area (Å²) in [6.07, 6.45) is 0. The van der Waals surface area contributed by atoms with Gasteiger partial charge in [0.05, 0.1) is 40.1 Å². The number of para-hydroxylation sites is 2. The third kappa shape index (κ3) is 4.47. The molecule has 0 N–H and O–H groups in total. The lowest BCUT2D eigenvalue weighted by molar-refractivity contribution is 0.0926. The number of hydrogen-bond acceptors (Lipinski definition) is 2. The van der Waals surface area contributed by atoms with Gasteiger partial charge in [-0.3, -0.25) is 9.59 Å². The van der Waals surface area contributed by atoms with Gasteiger partial charge in [0, 0.05) is 21.9 Å². The fourth-order valence-corrected chi connectivity index (χ4v) is 7.31. The summed E-state index contributed by atoms with van der Waals surface area (Å²) in [5.41, 5.74) is 9.62. The number of carbonyl (C=O) groups is 2. The summed E-state index contributed by atoms with van der Waals surface area (Å²) in [6, 6.07) is 53.2. The first-order chi connectivity index (χ1) is 24.6. The molecule has 50 heavy (non-hydrogen) atoms. The van der Waals surface area contributed by atoms with Crippen LogP contribution in [-0.4, -0.2) is 16.4 Å². The fourth-order valence-electron chi connectivity index (χ4n) is 7.31. The Labute approximate surface area is 288 Å². The molecular formula is C45H27N3O2. The van der Waals surface area contributed by atoms with Crippen molar-refractivity contribution in [3.63, 3.8) is 0 Å². The molecule has 0 bridgehead atoms. The molecule has 1 aromatic heterocycles. The molecule has 0 unspecified atom stereocenters. The molecule has 1 aliphatic heterocycles. The maximum Gasteiger partial charge on any atom is 0.268 e. The van der Waals surface area contributed by atoms with Gasteiger partial charge in [-0.1, -0.05) is 133 Å². The molecule has 5 heteroatoms. The SMILES string of the molecule is [C-]#[N+]c1cccc(-c2ccc3c4ccccc4n(-c4cccc5c4C(=O)N(c4c(-c6ccccc6)cccc4-c4ccccc4)C5=O)c3c2)c1. The molecule has 2 heterocycles. The molecule has 0 atom stereocenters. The number of carbonyl (C=O) groups excluding carboxylic acids is 2. The first kappa shape index (κ1) is 29.1. The van der Waals surface area contributed by atoms with Crippen molar-refractivity contribution in [3.8, 4) is 39.1 Å². The van der Waals surface area contributed by atoms with Crippen LogP contribution in [0.2, 0.25) is 0 Å².